The van der Waals surface area contributed by atoms with Gasteiger partial charge in [0.15, 0.2) is 11.5 Å². The molecule has 0 saturated heterocycles. The molecule has 0 bridgehead atoms. The van der Waals surface area contributed by atoms with E-state index >= 15 is 0 Å². The van der Waals surface area contributed by atoms with E-state index in [4.69, 9.17) is 21.1 Å². The van der Waals surface area contributed by atoms with Crippen LogP contribution in [0.15, 0.2) is 9.82 Å². The van der Waals surface area contributed by atoms with Crippen molar-refractivity contribution in [2.45, 2.75) is 76.3 Å². The number of carbonyl (C=O) groups excluding carboxylic acids is 1. The second-order valence-electron chi connectivity index (χ2n) is 10.8. The van der Waals surface area contributed by atoms with E-state index < -0.39 is 5.79 Å². The number of aryl methyl sites for hydroxylation is 1. The van der Waals surface area contributed by atoms with Crippen LogP contribution in [0.3, 0.4) is 0 Å². The van der Waals surface area contributed by atoms with Crippen molar-refractivity contribution < 1.29 is 14.3 Å². The largest absolute Gasteiger partial charge is 0.448 e. The van der Waals surface area contributed by atoms with Gasteiger partial charge >= 0.3 is 0 Å². The molecule has 0 unspecified atom stereocenters. The normalized spacial score (nSPS) is 25.1. The molecule has 1 aromatic carbocycles. The number of H-pyrrole nitrogens is 1. The molecule has 0 radical (unpaired) electrons. The number of aromatic nitrogens is 2. The van der Waals surface area contributed by atoms with Gasteiger partial charge in [-0.05, 0) is 71.9 Å². The fourth-order valence-corrected chi connectivity index (χ4v) is 6.99. The van der Waals surface area contributed by atoms with Gasteiger partial charge < -0.3 is 24.3 Å². The van der Waals surface area contributed by atoms with E-state index in [1.54, 1.807) is 11.8 Å². The Morgan fingerprint density at radius 1 is 1.16 bits per heavy atom. The van der Waals surface area contributed by atoms with Crippen molar-refractivity contribution in [2.75, 3.05) is 26.9 Å². The molecule has 1 fully saturated rings. The van der Waals surface area contributed by atoms with Crippen molar-refractivity contribution in [3.63, 3.8) is 0 Å². The summed E-state index contributed by atoms with van der Waals surface area (Å²) < 4.78 is 13.0. The molecule has 2 aromatic rings. The quantitative estimate of drug-likeness (QED) is 0.434. The van der Waals surface area contributed by atoms with Crippen LogP contribution in [-0.4, -0.2) is 64.4 Å². The molecule has 2 aliphatic heterocycles. The first-order chi connectivity index (χ1) is 17.5. The molecule has 8 nitrogen and oxygen atoms in total. The lowest BCUT2D eigenvalue weighted by molar-refractivity contribution is -0.123. The molecule has 3 aliphatic rings. The maximum absolute atomic E-state index is 13.8. The first kappa shape index (κ1) is 26.4. The number of benzene rings is 1. The molecule has 5 rings (SSSR count). The van der Waals surface area contributed by atoms with E-state index in [2.05, 4.69) is 29.0 Å². The fourth-order valence-electron chi connectivity index (χ4n) is 6.05. The molecule has 1 atom stereocenters. The summed E-state index contributed by atoms with van der Waals surface area (Å²) in [5.74, 6) is 0.952. The topological polar surface area (TPSA) is 87.8 Å². The van der Waals surface area contributed by atoms with Crippen LogP contribution in [0.1, 0.15) is 65.5 Å². The summed E-state index contributed by atoms with van der Waals surface area (Å²) in [5, 5.41) is 1.11. The number of halogens is 1. The van der Waals surface area contributed by atoms with Crippen molar-refractivity contribution in [3.8, 4) is 11.5 Å². The summed E-state index contributed by atoms with van der Waals surface area (Å²) in [4.78, 5) is 37.7. The van der Waals surface area contributed by atoms with Gasteiger partial charge in [0.25, 0.3) is 17.3 Å². The molecular formula is C27H35ClN4O4S. The van der Waals surface area contributed by atoms with Crippen molar-refractivity contribution in [2.24, 2.45) is 5.92 Å². The first-order valence-corrected chi connectivity index (χ1v) is 14.5. The minimum absolute atomic E-state index is 0.154. The molecule has 1 saturated carbocycles. The number of carbonyl (C=O) groups is 1. The van der Waals surface area contributed by atoms with E-state index in [1.807, 2.05) is 20.1 Å². The van der Waals surface area contributed by atoms with Gasteiger partial charge in [0.1, 0.15) is 10.9 Å². The van der Waals surface area contributed by atoms with Crippen LogP contribution < -0.4 is 15.0 Å². The summed E-state index contributed by atoms with van der Waals surface area (Å²) in [7, 11) is 4.26. The van der Waals surface area contributed by atoms with E-state index in [0.717, 1.165) is 36.8 Å². The van der Waals surface area contributed by atoms with Crippen LogP contribution in [0, 0.1) is 19.8 Å². The monoisotopic (exact) mass is 546 g/mol. The number of nitrogens with zero attached hydrogens (tertiary/aromatic N) is 3. The molecule has 1 aliphatic carbocycles. The Labute approximate surface area is 227 Å². The van der Waals surface area contributed by atoms with E-state index in [-0.39, 0.29) is 23.9 Å². The van der Waals surface area contributed by atoms with Gasteiger partial charge in [-0.25, -0.2) is 4.98 Å². The second-order valence-corrected chi connectivity index (χ2v) is 11.9. The van der Waals surface area contributed by atoms with Gasteiger partial charge in [0.05, 0.1) is 22.7 Å². The molecular weight excluding hydrogens is 512 g/mol. The number of nitrogens with one attached hydrogen (secondary N) is 1. The molecule has 10 heteroatoms. The molecule has 200 valence electrons. The van der Waals surface area contributed by atoms with E-state index in [0.29, 0.717) is 57.5 Å². The van der Waals surface area contributed by atoms with E-state index in [9.17, 15) is 9.59 Å². The Kier molecular flexibility index (Phi) is 7.00. The third-order valence-electron chi connectivity index (χ3n) is 8.24. The minimum Gasteiger partial charge on any atom is -0.448 e. The van der Waals surface area contributed by atoms with Crippen molar-refractivity contribution in [1.29, 1.82) is 0 Å². The highest BCUT2D eigenvalue weighted by molar-refractivity contribution is 7.98. The highest BCUT2D eigenvalue weighted by atomic mass is 35.5. The van der Waals surface area contributed by atoms with Gasteiger partial charge in [0.2, 0.25) is 0 Å². The Morgan fingerprint density at radius 2 is 1.84 bits per heavy atom. The summed E-state index contributed by atoms with van der Waals surface area (Å²) in [6, 6.07) is 0.576. The van der Waals surface area contributed by atoms with Crippen LogP contribution >= 0.6 is 23.4 Å². The molecule has 0 spiro atoms. The average molecular weight is 547 g/mol. The number of rotatable bonds is 5. The Balaban J connectivity index is 1.43. The van der Waals surface area contributed by atoms with E-state index in [1.165, 1.54) is 11.8 Å². The number of fused-ring (bicyclic) bond motifs is 2. The van der Waals surface area contributed by atoms with Crippen LogP contribution in [0.25, 0.3) is 0 Å². The summed E-state index contributed by atoms with van der Waals surface area (Å²) in [6.07, 6.45) is 6.66. The number of thioether (sulfide) groups is 1. The molecule has 37 heavy (non-hydrogen) atoms. The maximum Gasteiger partial charge on any atom is 0.257 e. The SMILES string of the molecule is CSc1nc(C)[nH]c(=O)c1CN1CCc2c(Cl)c3c(c(C)c2C1=O)O[C@](C)(C1CCC(N(C)C)CC1)O3. The summed E-state index contributed by atoms with van der Waals surface area (Å²) >= 11 is 8.29. The minimum atomic E-state index is -0.811. The fraction of sp³-hybridized carbons (Fsp3) is 0.593. The lowest BCUT2D eigenvalue weighted by atomic mass is 9.81. The predicted octanol–water partition coefficient (Wildman–Crippen LogP) is 4.57. The molecule has 3 heterocycles. The number of aromatic amines is 1. The van der Waals surface area contributed by atoms with Gasteiger partial charge in [-0.1, -0.05) is 11.6 Å². The highest BCUT2D eigenvalue weighted by Crippen LogP contribution is 2.54. The number of amides is 1. The third-order valence-corrected chi connectivity index (χ3v) is 9.36. The van der Waals surface area contributed by atoms with Crippen molar-refractivity contribution in [1.82, 2.24) is 19.8 Å². The molecule has 1 amide bonds. The highest BCUT2D eigenvalue weighted by Gasteiger charge is 2.48. The van der Waals surface area contributed by atoms with Crippen LogP contribution in [0.5, 0.6) is 11.5 Å². The second kappa shape index (κ2) is 9.82. The molecule has 1 aromatic heterocycles. The van der Waals surface area contributed by atoms with Crippen LogP contribution in [-0.2, 0) is 13.0 Å². The summed E-state index contributed by atoms with van der Waals surface area (Å²) in [6.45, 7) is 6.30. The lowest BCUT2D eigenvalue weighted by Gasteiger charge is -2.39. The van der Waals surface area contributed by atoms with Gasteiger partial charge in [0, 0.05) is 31.0 Å². The number of hydrogen-bond donors (Lipinski definition) is 1. The Hall–Kier alpha value is -2.23. The first-order valence-electron chi connectivity index (χ1n) is 12.9. The predicted molar refractivity (Wildman–Crippen MR) is 145 cm³/mol. The average Bonchev–Trinajstić information content (AvgIpc) is 3.24. The molecule has 1 N–H and O–H groups in total. The zero-order valence-electron chi connectivity index (χ0n) is 22.4. The van der Waals surface area contributed by atoms with Crippen molar-refractivity contribution in [3.05, 3.63) is 43.5 Å². The Bertz CT molecular complexity index is 1300. The standard InChI is InChI=1S/C27H35ClN4O4S/c1-14-20-18(11-12-32(26(20)34)13-19-24(33)29-15(2)30-25(19)37-6)21(28)23-22(14)35-27(3,36-23)16-7-9-17(10-8-16)31(4)5/h16-17H,7-13H2,1-6H3,(H,29,30,33)/t16?,17?,27-/m0/s1. The zero-order valence-corrected chi connectivity index (χ0v) is 23.9. The summed E-state index contributed by atoms with van der Waals surface area (Å²) in [5.41, 5.74) is 2.39. The number of hydrogen-bond acceptors (Lipinski definition) is 7. The zero-order chi connectivity index (χ0) is 26.6. The van der Waals surface area contributed by atoms with Crippen LogP contribution in [0.4, 0.5) is 0 Å². The number of ether oxygens (including phenoxy) is 2. The Morgan fingerprint density at radius 3 is 2.49 bits per heavy atom. The smallest absolute Gasteiger partial charge is 0.257 e. The van der Waals surface area contributed by atoms with Gasteiger partial charge in [-0.15, -0.1) is 11.8 Å². The lowest BCUT2D eigenvalue weighted by Crippen LogP contribution is -2.46. The maximum atomic E-state index is 13.8. The van der Waals surface area contributed by atoms with Gasteiger partial charge in [-0.3, -0.25) is 9.59 Å². The van der Waals surface area contributed by atoms with Gasteiger partial charge in [-0.2, -0.15) is 0 Å². The van der Waals surface area contributed by atoms with Crippen molar-refractivity contribution >= 4 is 29.3 Å². The van der Waals surface area contributed by atoms with Crippen LogP contribution in [0.2, 0.25) is 5.02 Å². The third kappa shape index (κ3) is 4.53.